The van der Waals surface area contributed by atoms with Crippen LogP contribution in [-0.2, 0) is 14.6 Å². The molecule has 8 nitrogen and oxygen atoms in total. The van der Waals surface area contributed by atoms with E-state index in [2.05, 4.69) is 20.5 Å². The Morgan fingerprint density at radius 3 is 2.60 bits per heavy atom. The van der Waals surface area contributed by atoms with Gasteiger partial charge in [-0.15, -0.1) is 0 Å². The number of ether oxygens (including phenoxy) is 2. The average Bonchev–Trinajstić information content (AvgIpc) is 3.05. The molecule has 0 radical (unpaired) electrons. The first-order chi connectivity index (χ1) is 14.3. The van der Waals surface area contributed by atoms with Gasteiger partial charge in [-0.25, -0.2) is 8.42 Å². The van der Waals surface area contributed by atoms with Gasteiger partial charge in [0.05, 0.1) is 23.1 Å². The van der Waals surface area contributed by atoms with Gasteiger partial charge in [-0.1, -0.05) is 0 Å². The quantitative estimate of drug-likeness (QED) is 0.636. The van der Waals surface area contributed by atoms with Crippen molar-refractivity contribution in [3.05, 3.63) is 35.7 Å². The van der Waals surface area contributed by atoms with Crippen LogP contribution in [-0.4, -0.2) is 48.7 Å². The molecule has 1 aliphatic heterocycles. The van der Waals surface area contributed by atoms with Crippen LogP contribution in [0.3, 0.4) is 0 Å². The van der Waals surface area contributed by atoms with E-state index < -0.39 is 14.6 Å². The molecule has 2 aromatic heterocycles. The number of rotatable bonds is 5. The van der Waals surface area contributed by atoms with Crippen molar-refractivity contribution in [2.45, 2.75) is 43.3 Å². The van der Waals surface area contributed by atoms with Gasteiger partial charge in [0.1, 0.15) is 10.6 Å². The number of fused-ring (bicyclic) bond motifs is 1. The predicted octanol–water partition coefficient (Wildman–Crippen LogP) is 3.67. The van der Waals surface area contributed by atoms with E-state index in [9.17, 15) is 8.42 Å². The van der Waals surface area contributed by atoms with Crippen LogP contribution in [0.5, 0.6) is 5.75 Å². The lowest BCUT2D eigenvalue weighted by molar-refractivity contribution is 0.0788. The fourth-order valence-corrected chi connectivity index (χ4v) is 5.62. The zero-order valence-corrected chi connectivity index (χ0v) is 18.4. The number of aromatic nitrogens is 3. The van der Waals surface area contributed by atoms with Crippen LogP contribution in [0.15, 0.2) is 29.3 Å². The van der Waals surface area contributed by atoms with E-state index >= 15 is 0 Å². The Kier molecular flexibility index (Phi) is 5.19. The molecule has 0 atom stereocenters. The highest BCUT2D eigenvalue weighted by atomic mass is 32.2. The molecule has 1 saturated heterocycles. The number of sulfone groups is 1. The predicted molar refractivity (Wildman–Crippen MR) is 115 cm³/mol. The van der Waals surface area contributed by atoms with Crippen molar-refractivity contribution >= 4 is 32.2 Å². The lowest BCUT2D eigenvalue weighted by Gasteiger charge is -2.33. The zero-order valence-electron chi connectivity index (χ0n) is 17.6. The number of aryl methyl sites for hydroxylation is 1. The van der Waals surface area contributed by atoms with Gasteiger partial charge < -0.3 is 14.8 Å². The van der Waals surface area contributed by atoms with Crippen molar-refractivity contribution in [2.75, 3.05) is 25.6 Å². The highest BCUT2D eigenvalue weighted by molar-refractivity contribution is 7.93. The molecular formula is C21H26N4O4S. The second-order valence-corrected chi connectivity index (χ2v) is 10.3. The summed E-state index contributed by atoms with van der Waals surface area (Å²) in [6, 6.07) is 5.15. The van der Waals surface area contributed by atoms with Crippen LogP contribution < -0.4 is 10.1 Å². The Labute approximate surface area is 175 Å². The number of nitrogens with zero attached hydrogens (tertiary/aromatic N) is 2. The number of anilines is 2. The number of aromatic amines is 1. The number of benzene rings is 1. The molecule has 160 valence electrons. The van der Waals surface area contributed by atoms with Crippen molar-refractivity contribution in [2.24, 2.45) is 0 Å². The molecule has 1 aromatic carbocycles. The molecule has 1 fully saturated rings. The third-order valence-electron chi connectivity index (χ3n) is 6.02. The minimum absolute atomic E-state index is 0.174. The molecule has 2 N–H and O–H groups in total. The largest absolute Gasteiger partial charge is 0.495 e. The number of nitrogens with one attached hydrogen (secondary N) is 2. The molecule has 1 aliphatic rings. The molecule has 3 heterocycles. The minimum atomic E-state index is -3.67. The van der Waals surface area contributed by atoms with Crippen LogP contribution in [0.25, 0.3) is 10.9 Å². The van der Waals surface area contributed by atoms with Crippen LogP contribution in [0.1, 0.15) is 31.0 Å². The van der Waals surface area contributed by atoms with E-state index in [0.29, 0.717) is 48.5 Å². The Morgan fingerprint density at radius 1 is 1.23 bits per heavy atom. The maximum atomic E-state index is 13.7. The van der Waals surface area contributed by atoms with E-state index in [4.69, 9.17) is 9.47 Å². The number of H-pyrrole nitrogens is 1. The molecule has 0 unspecified atom stereocenters. The molecule has 4 rings (SSSR count). The summed E-state index contributed by atoms with van der Waals surface area (Å²) < 4.78 is 37.3. The molecule has 0 bridgehead atoms. The second kappa shape index (κ2) is 7.55. The number of hydrogen-bond donors (Lipinski definition) is 2. The van der Waals surface area contributed by atoms with E-state index in [1.165, 1.54) is 7.11 Å². The molecule has 0 aliphatic carbocycles. The van der Waals surface area contributed by atoms with Crippen LogP contribution in [0.2, 0.25) is 0 Å². The highest BCUT2D eigenvalue weighted by Crippen LogP contribution is 2.41. The average molecular weight is 431 g/mol. The van der Waals surface area contributed by atoms with Gasteiger partial charge in [-0.3, -0.25) is 10.1 Å². The summed E-state index contributed by atoms with van der Waals surface area (Å²) >= 11 is 0. The molecule has 30 heavy (non-hydrogen) atoms. The monoisotopic (exact) mass is 430 g/mol. The first-order valence-electron chi connectivity index (χ1n) is 9.84. The topological polar surface area (TPSA) is 106 Å². The van der Waals surface area contributed by atoms with Crippen LogP contribution in [0, 0.1) is 13.8 Å². The third kappa shape index (κ3) is 3.31. The number of pyridine rings is 1. The summed E-state index contributed by atoms with van der Waals surface area (Å²) in [5.74, 6) is 0.989. The Hall–Kier alpha value is -2.65. The summed E-state index contributed by atoms with van der Waals surface area (Å²) in [5, 5.41) is 11.2. The molecular weight excluding hydrogens is 404 g/mol. The number of hydrogen-bond acceptors (Lipinski definition) is 7. The van der Waals surface area contributed by atoms with Gasteiger partial charge in [0, 0.05) is 42.1 Å². The van der Waals surface area contributed by atoms with Gasteiger partial charge in [0.15, 0.2) is 15.7 Å². The lowest BCUT2D eigenvalue weighted by Crippen LogP contribution is -2.41. The summed E-state index contributed by atoms with van der Waals surface area (Å²) in [6.07, 6.45) is 2.56. The summed E-state index contributed by atoms with van der Waals surface area (Å²) in [4.78, 5) is 4.58. The van der Waals surface area contributed by atoms with E-state index in [-0.39, 0.29) is 4.90 Å². The van der Waals surface area contributed by atoms with Gasteiger partial charge in [0.25, 0.3) is 0 Å². The maximum absolute atomic E-state index is 13.7. The Morgan fingerprint density at radius 2 is 1.97 bits per heavy atom. The first kappa shape index (κ1) is 20.6. The number of methoxy groups -OCH3 is 1. The smallest absolute Gasteiger partial charge is 0.187 e. The van der Waals surface area contributed by atoms with Crippen molar-refractivity contribution < 1.29 is 17.9 Å². The maximum Gasteiger partial charge on any atom is 0.187 e. The summed E-state index contributed by atoms with van der Waals surface area (Å²) in [6.45, 7) is 6.56. The third-order valence-corrected chi connectivity index (χ3v) is 8.63. The van der Waals surface area contributed by atoms with Gasteiger partial charge in [-0.05, 0) is 45.7 Å². The van der Waals surface area contributed by atoms with Gasteiger partial charge >= 0.3 is 0 Å². The normalized spacial score (nSPS) is 16.5. The fourth-order valence-electron chi connectivity index (χ4n) is 3.70. The van der Waals surface area contributed by atoms with Crippen molar-refractivity contribution in [1.82, 2.24) is 15.2 Å². The first-order valence-corrected chi connectivity index (χ1v) is 11.3. The second-order valence-electron chi connectivity index (χ2n) is 7.89. The minimum Gasteiger partial charge on any atom is -0.495 e. The van der Waals surface area contributed by atoms with Crippen LogP contribution >= 0.6 is 0 Å². The molecule has 3 aromatic rings. The fraction of sp³-hybridized carbons (Fsp3) is 0.429. The molecule has 0 spiro atoms. The molecule has 9 heteroatoms. The lowest BCUT2D eigenvalue weighted by atomic mass is 10.0. The SMILES string of the molecule is COc1cc2nccc(Nc3n[nH]c(C)c3C)c2cc1S(=O)(=O)C1(C)CCOCC1. The standard InChI is InChI=1S/C21H26N4O4S/c1-13-14(2)24-25-20(13)23-16-5-8-22-17-12-18(28-4)19(11-15(16)17)30(26,27)21(3)6-9-29-10-7-21/h5,8,11-12H,6-7,9-10H2,1-4H3,(H2,22,23,24,25). The van der Waals surface area contributed by atoms with Crippen molar-refractivity contribution in [3.8, 4) is 5.75 Å². The van der Waals surface area contributed by atoms with Crippen molar-refractivity contribution in [1.29, 1.82) is 0 Å². The van der Waals surface area contributed by atoms with Gasteiger partial charge in [0.2, 0.25) is 0 Å². The zero-order chi connectivity index (χ0) is 21.5. The van der Waals surface area contributed by atoms with E-state index in [1.807, 2.05) is 19.9 Å². The Balaban J connectivity index is 1.87. The van der Waals surface area contributed by atoms with E-state index in [0.717, 1.165) is 16.9 Å². The molecule has 0 amide bonds. The summed E-state index contributed by atoms with van der Waals surface area (Å²) in [5.41, 5.74) is 3.33. The van der Waals surface area contributed by atoms with Gasteiger partial charge in [-0.2, -0.15) is 5.10 Å². The molecule has 0 saturated carbocycles. The van der Waals surface area contributed by atoms with E-state index in [1.54, 1.807) is 25.3 Å². The summed E-state index contributed by atoms with van der Waals surface area (Å²) in [7, 11) is -2.20. The van der Waals surface area contributed by atoms with Crippen molar-refractivity contribution in [3.63, 3.8) is 0 Å². The Bertz CT molecular complexity index is 1200. The highest BCUT2D eigenvalue weighted by Gasteiger charge is 2.43. The van der Waals surface area contributed by atoms with Crippen LogP contribution in [0.4, 0.5) is 11.5 Å².